The molecule has 0 saturated carbocycles. The molecule has 0 bridgehead atoms. The van der Waals surface area contributed by atoms with Gasteiger partial charge in [0.2, 0.25) is 0 Å². The van der Waals surface area contributed by atoms with E-state index in [0.29, 0.717) is 0 Å². The minimum atomic E-state index is 0.903. The van der Waals surface area contributed by atoms with Crippen LogP contribution in [0.15, 0.2) is 29.6 Å². The van der Waals surface area contributed by atoms with Crippen molar-refractivity contribution >= 4 is 28.4 Å². The Labute approximate surface area is 83.9 Å². The Morgan fingerprint density at radius 3 is 3.07 bits per heavy atom. The summed E-state index contributed by atoms with van der Waals surface area (Å²) in [5.74, 6) is 0. The van der Waals surface area contributed by atoms with Crippen LogP contribution in [-0.4, -0.2) is 9.97 Å². The van der Waals surface area contributed by atoms with Gasteiger partial charge in [0.25, 0.3) is 0 Å². The van der Waals surface area contributed by atoms with Gasteiger partial charge in [-0.15, -0.1) is 0 Å². The second-order valence-electron chi connectivity index (χ2n) is 2.86. The number of aromatic nitrogens is 2. The molecule has 68 valence electrons. The number of hydrogen-bond donors (Lipinski definition) is 1. The maximum Gasteiger partial charge on any atom is 0.0987 e. The van der Waals surface area contributed by atoms with E-state index in [1.165, 1.54) is 11.9 Å². The van der Waals surface area contributed by atoms with Crippen LogP contribution in [0.2, 0.25) is 0 Å². The van der Waals surface area contributed by atoms with Gasteiger partial charge in [-0.05, 0) is 24.1 Å². The molecule has 5 heteroatoms. The van der Waals surface area contributed by atoms with E-state index in [1.807, 2.05) is 17.5 Å². The molecule has 0 amide bonds. The van der Waals surface area contributed by atoms with Gasteiger partial charge in [0.05, 0.1) is 16.4 Å². The standard InChI is InChI=1S/C9H6N4S/c1-2-8-9(11-4-3-10-8)6-5-14-13-12-7(1)6/h1-5,13H. The maximum atomic E-state index is 4.30. The first-order valence-electron chi connectivity index (χ1n) is 4.13. The van der Waals surface area contributed by atoms with Gasteiger partial charge in [0, 0.05) is 23.0 Å². The summed E-state index contributed by atoms with van der Waals surface area (Å²) in [5, 5.41) is 8.11. The minimum Gasteiger partial charge on any atom is -0.253 e. The molecule has 1 N–H and O–H groups in total. The quantitative estimate of drug-likeness (QED) is 0.618. The third-order valence-electron chi connectivity index (χ3n) is 2.05. The van der Waals surface area contributed by atoms with Crippen LogP contribution in [0.1, 0.15) is 0 Å². The van der Waals surface area contributed by atoms with Gasteiger partial charge in [-0.2, -0.15) is 5.10 Å². The lowest BCUT2D eigenvalue weighted by atomic mass is 10.2. The van der Waals surface area contributed by atoms with Crippen molar-refractivity contribution in [2.45, 2.75) is 0 Å². The molecule has 1 aliphatic heterocycles. The summed E-state index contributed by atoms with van der Waals surface area (Å²) in [5.41, 5.74) is 1.81. The molecule has 0 spiro atoms. The van der Waals surface area contributed by atoms with E-state index in [1.54, 1.807) is 12.4 Å². The second kappa shape index (κ2) is 2.95. The average molecular weight is 202 g/mol. The molecule has 0 atom stereocenters. The lowest BCUT2D eigenvalue weighted by molar-refractivity contribution is 1.03. The summed E-state index contributed by atoms with van der Waals surface area (Å²) in [6.45, 7) is 0. The van der Waals surface area contributed by atoms with Gasteiger partial charge < -0.3 is 0 Å². The average Bonchev–Trinajstić information content (AvgIpc) is 2.29. The second-order valence-corrected chi connectivity index (χ2v) is 3.52. The van der Waals surface area contributed by atoms with Crippen molar-refractivity contribution in [3.63, 3.8) is 0 Å². The van der Waals surface area contributed by atoms with Crippen LogP contribution in [0.25, 0.3) is 16.4 Å². The predicted octanol–water partition coefficient (Wildman–Crippen LogP) is 0.154. The third-order valence-corrected chi connectivity index (χ3v) is 2.60. The number of rotatable bonds is 0. The van der Waals surface area contributed by atoms with Crippen LogP contribution >= 0.6 is 11.9 Å². The molecule has 3 rings (SSSR count). The van der Waals surface area contributed by atoms with Gasteiger partial charge in [-0.1, -0.05) is 0 Å². The molecule has 1 aromatic heterocycles. The fourth-order valence-electron chi connectivity index (χ4n) is 1.42. The van der Waals surface area contributed by atoms with Crippen molar-refractivity contribution < 1.29 is 0 Å². The summed E-state index contributed by atoms with van der Waals surface area (Å²) in [6, 6.07) is 3.87. The van der Waals surface area contributed by atoms with Crippen LogP contribution in [0.3, 0.4) is 0 Å². The Morgan fingerprint density at radius 1 is 1.14 bits per heavy atom. The van der Waals surface area contributed by atoms with Crippen molar-refractivity contribution in [2.24, 2.45) is 5.10 Å². The summed E-state index contributed by atoms with van der Waals surface area (Å²) in [4.78, 5) is 11.4. The third kappa shape index (κ3) is 1.06. The fourth-order valence-corrected chi connectivity index (χ4v) is 1.98. The molecule has 2 aromatic rings. The van der Waals surface area contributed by atoms with Crippen LogP contribution in [0.4, 0.5) is 0 Å². The van der Waals surface area contributed by atoms with Gasteiger partial charge in [0.15, 0.2) is 0 Å². The van der Waals surface area contributed by atoms with Gasteiger partial charge in [0.1, 0.15) is 0 Å². The van der Waals surface area contributed by atoms with Crippen molar-refractivity contribution in [3.8, 4) is 0 Å². The van der Waals surface area contributed by atoms with E-state index in [0.717, 1.165) is 21.6 Å². The Balaban J connectivity index is 2.60. The van der Waals surface area contributed by atoms with Crippen LogP contribution in [0, 0.1) is 0 Å². The van der Waals surface area contributed by atoms with Crippen molar-refractivity contribution in [1.29, 1.82) is 0 Å². The van der Waals surface area contributed by atoms with E-state index in [9.17, 15) is 0 Å². The number of benzene rings is 1. The molecule has 1 aliphatic rings. The lowest BCUT2D eigenvalue weighted by Gasteiger charge is -2.02. The van der Waals surface area contributed by atoms with E-state index in [2.05, 4.69) is 19.9 Å². The normalized spacial score (nSPS) is 13.7. The Hall–Kier alpha value is -1.62. The highest BCUT2D eigenvalue weighted by Crippen LogP contribution is 2.02. The van der Waals surface area contributed by atoms with Crippen LogP contribution in [-0.2, 0) is 0 Å². The highest BCUT2D eigenvalue weighted by atomic mass is 32.2. The van der Waals surface area contributed by atoms with Crippen molar-refractivity contribution in [3.05, 3.63) is 35.1 Å². The van der Waals surface area contributed by atoms with E-state index >= 15 is 0 Å². The molecule has 14 heavy (non-hydrogen) atoms. The zero-order valence-electron chi connectivity index (χ0n) is 7.14. The summed E-state index contributed by atoms with van der Waals surface area (Å²) < 4.78 is 0. The smallest absolute Gasteiger partial charge is 0.0987 e. The van der Waals surface area contributed by atoms with Gasteiger partial charge >= 0.3 is 0 Å². The highest BCUT2D eigenvalue weighted by molar-refractivity contribution is 8.04. The van der Waals surface area contributed by atoms with Crippen molar-refractivity contribution in [1.82, 2.24) is 14.8 Å². The largest absolute Gasteiger partial charge is 0.253 e. The summed E-state index contributed by atoms with van der Waals surface area (Å²) >= 11 is 1.44. The van der Waals surface area contributed by atoms with E-state index in [4.69, 9.17) is 0 Å². The topological polar surface area (TPSA) is 50.2 Å². The number of fused-ring (bicyclic) bond motifs is 3. The molecule has 0 aliphatic carbocycles. The number of nitrogens with zero attached hydrogens (tertiary/aromatic N) is 3. The van der Waals surface area contributed by atoms with Gasteiger partial charge in [-0.25, -0.2) is 4.83 Å². The predicted molar refractivity (Wildman–Crippen MR) is 55.5 cm³/mol. The first-order chi connectivity index (χ1) is 6.95. The Bertz CT molecular complexity index is 608. The fraction of sp³-hybridized carbons (Fsp3) is 0. The zero-order chi connectivity index (χ0) is 9.38. The van der Waals surface area contributed by atoms with Crippen LogP contribution < -0.4 is 15.4 Å². The molecule has 0 fully saturated rings. The monoisotopic (exact) mass is 202 g/mol. The summed E-state index contributed by atoms with van der Waals surface area (Å²) in [6.07, 6.45) is 3.39. The van der Waals surface area contributed by atoms with E-state index < -0.39 is 0 Å². The zero-order valence-corrected chi connectivity index (χ0v) is 7.95. The lowest BCUT2D eigenvalue weighted by Crippen LogP contribution is -2.30. The molecule has 0 unspecified atom stereocenters. The number of nitrogens with one attached hydrogen (secondary N) is 1. The van der Waals surface area contributed by atoms with Gasteiger partial charge in [-0.3, -0.25) is 9.97 Å². The first kappa shape index (κ1) is 7.75. The SMILES string of the molecule is C1=c2c(ccc3nccnc23)=NNS1. The molecule has 1 aromatic carbocycles. The molecule has 0 saturated heterocycles. The van der Waals surface area contributed by atoms with E-state index in [-0.39, 0.29) is 0 Å². The summed E-state index contributed by atoms with van der Waals surface area (Å²) in [7, 11) is 0. The highest BCUT2D eigenvalue weighted by Gasteiger charge is 2.01. The first-order valence-corrected chi connectivity index (χ1v) is 5.01. The number of hydrogen-bond acceptors (Lipinski definition) is 5. The maximum absolute atomic E-state index is 4.30. The van der Waals surface area contributed by atoms with Crippen molar-refractivity contribution in [2.75, 3.05) is 0 Å². The molecule has 0 radical (unpaired) electrons. The molecule has 4 nitrogen and oxygen atoms in total. The van der Waals surface area contributed by atoms with Crippen LogP contribution in [0.5, 0.6) is 0 Å². The molecular weight excluding hydrogens is 196 g/mol. The minimum absolute atomic E-state index is 0.903. The molecular formula is C9H6N4S. The molecule has 2 heterocycles. The Kier molecular flexibility index (Phi) is 1.63. The Morgan fingerprint density at radius 2 is 2.07 bits per heavy atom.